The van der Waals surface area contributed by atoms with Crippen LogP contribution in [0.2, 0.25) is 0 Å². The van der Waals surface area contributed by atoms with Gasteiger partial charge in [0.25, 0.3) is 4.84 Å². The highest BCUT2D eigenvalue weighted by Gasteiger charge is 1.87. The van der Waals surface area contributed by atoms with E-state index in [0.717, 1.165) is 6.54 Å². The van der Waals surface area contributed by atoms with Crippen molar-refractivity contribution in [2.24, 2.45) is 0 Å². The second-order valence-electron chi connectivity index (χ2n) is 1.61. The van der Waals surface area contributed by atoms with E-state index in [2.05, 4.69) is 6.58 Å². The fourth-order valence-electron chi connectivity index (χ4n) is 0.565. The number of nitrogens with zero attached hydrogens (tertiary/aromatic N) is 1. The Balaban J connectivity index is 2.93. The highest BCUT2D eigenvalue weighted by atomic mass is 32.1. The summed E-state index contributed by atoms with van der Waals surface area (Å²) in [6, 6.07) is 0. The average molecular weight is 141 g/mol. The number of aromatic nitrogens is 1. The first-order valence-electron chi connectivity index (χ1n) is 2.59. The van der Waals surface area contributed by atoms with E-state index in [1.165, 1.54) is 0 Å². The Morgan fingerprint density at radius 2 is 2.67 bits per heavy atom. The zero-order chi connectivity index (χ0) is 6.69. The lowest BCUT2D eigenvalue weighted by Crippen LogP contribution is -1.90. The van der Waals surface area contributed by atoms with Crippen molar-refractivity contribution in [2.45, 2.75) is 6.54 Å². The van der Waals surface area contributed by atoms with E-state index in [1.807, 2.05) is 0 Å². The molecule has 0 radical (unpaired) electrons. The van der Waals surface area contributed by atoms with E-state index < -0.39 is 0 Å². The first-order chi connectivity index (χ1) is 4.34. The number of allylic oxidation sites excluding steroid dienone is 1. The van der Waals surface area contributed by atoms with E-state index in [0.29, 0.717) is 4.84 Å². The standard InChI is InChI=1S/C6H7NOS/c1-2-3-7-4-5-8-6(7)9/h2,4-5H,1,3H2. The van der Waals surface area contributed by atoms with Crippen molar-refractivity contribution in [3.05, 3.63) is 30.0 Å². The van der Waals surface area contributed by atoms with Crippen LogP contribution in [0.5, 0.6) is 0 Å². The molecule has 48 valence electrons. The van der Waals surface area contributed by atoms with Crippen LogP contribution < -0.4 is 0 Å². The van der Waals surface area contributed by atoms with Gasteiger partial charge >= 0.3 is 0 Å². The molecule has 0 fully saturated rings. The SMILES string of the molecule is C=CCn1ccoc1=S. The zero-order valence-electron chi connectivity index (χ0n) is 4.91. The lowest BCUT2D eigenvalue weighted by Gasteiger charge is -1.89. The minimum absolute atomic E-state index is 0.495. The molecule has 2 nitrogen and oxygen atoms in total. The van der Waals surface area contributed by atoms with Crippen molar-refractivity contribution in [2.75, 3.05) is 0 Å². The minimum Gasteiger partial charge on any atom is -0.438 e. The molecule has 0 aliphatic carbocycles. The minimum atomic E-state index is 0.495. The summed E-state index contributed by atoms with van der Waals surface area (Å²) < 4.78 is 6.64. The van der Waals surface area contributed by atoms with Gasteiger partial charge in [0.05, 0.1) is 0 Å². The van der Waals surface area contributed by atoms with Crippen molar-refractivity contribution < 1.29 is 4.42 Å². The topological polar surface area (TPSA) is 18.1 Å². The summed E-state index contributed by atoms with van der Waals surface area (Å²) >= 11 is 4.80. The summed E-state index contributed by atoms with van der Waals surface area (Å²) in [5.41, 5.74) is 0. The van der Waals surface area contributed by atoms with Crippen LogP contribution in [-0.4, -0.2) is 4.57 Å². The van der Waals surface area contributed by atoms with Gasteiger partial charge in [-0.25, -0.2) is 0 Å². The molecule has 0 bridgehead atoms. The Labute approximate surface area is 58.4 Å². The van der Waals surface area contributed by atoms with Crippen molar-refractivity contribution >= 4 is 12.2 Å². The lowest BCUT2D eigenvalue weighted by molar-refractivity contribution is 0.517. The Morgan fingerprint density at radius 1 is 1.89 bits per heavy atom. The van der Waals surface area contributed by atoms with Gasteiger partial charge in [0.1, 0.15) is 6.26 Å². The van der Waals surface area contributed by atoms with Gasteiger partial charge in [-0.2, -0.15) is 0 Å². The molecule has 0 saturated carbocycles. The summed E-state index contributed by atoms with van der Waals surface area (Å²) in [6.45, 7) is 4.29. The fourth-order valence-corrected chi connectivity index (χ4v) is 0.756. The third-order valence-corrected chi connectivity index (χ3v) is 1.30. The molecule has 0 aliphatic heterocycles. The van der Waals surface area contributed by atoms with Crippen LogP contribution in [-0.2, 0) is 6.54 Å². The normalized spacial score (nSPS) is 9.33. The molecule has 3 heteroatoms. The van der Waals surface area contributed by atoms with Crippen LogP contribution in [0, 0.1) is 4.84 Å². The van der Waals surface area contributed by atoms with Crippen LogP contribution in [0.3, 0.4) is 0 Å². The van der Waals surface area contributed by atoms with Gasteiger partial charge < -0.3 is 8.98 Å². The molecule has 9 heavy (non-hydrogen) atoms. The molecule has 1 aromatic heterocycles. The number of oxazole rings is 1. The molecule has 0 aromatic carbocycles. The third kappa shape index (κ3) is 1.29. The number of hydrogen-bond donors (Lipinski definition) is 0. The van der Waals surface area contributed by atoms with Crippen LogP contribution >= 0.6 is 12.2 Å². The highest BCUT2D eigenvalue weighted by molar-refractivity contribution is 7.71. The quantitative estimate of drug-likeness (QED) is 0.463. The highest BCUT2D eigenvalue weighted by Crippen LogP contribution is 1.93. The van der Waals surface area contributed by atoms with Gasteiger partial charge in [0.15, 0.2) is 0 Å². The molecule has 1 aromatic rings. The zero-order valence-corrected chi connectivity index (χ0v) is 5.73. The lowest BCUT2D eigenvalue weighted by atomic mass is 10.6. The Bertz CT molecular complexity index is 248. The second kappa shape index (κ2) is 2.64. The molecule has 1 rings (SSSR count). The van der Waals surface area contributed by atoms with Gasteiger partial charge in [0, 0.05) is 12.7 Å². The van der Waals surface area contributed by atoms with E-state index in [-0.39, 0.29) is 0 Å². The number of hydrogen-bond acceptors (Lipinski definition) is 2. The summed E-state index contributed by atoms with van der Waals surface area (Å²) in [5, 5.41) is 0. The molecule has 0 N–H and O–H groups in total. The second-order valence-corrected chi connectivity index (χ2v) is 1.96. The Morgan fingerprint density at radius 3 is 3.11 bits per heavy atom. The Hall–Kier alpha value is -0.830. The predicted octanol–water partition coefficient (Wildman–Crippen LogP) is 2.00. The van der Waals surface area contributed by atoms with Crippen molar-refractivity contribution in [3.63, 3.8) is 0 Å². The molecule has 0 saturated heterocycles. The molecule has 1 heterocycles. The molecule has 0 spiro atoms. The first-order valence-corrected chi connectivity index (χ1v) is 3.00. The van der Waals surface area contributed by atoms with E-state index in [1.54, 1.807) is 23.1 Å². The van der Waals surface area contributed by atoms with Crippen LogP contribution in [0.25, 0.3) is 0 Å². The summed E-state index contributed by atoms with van der Waals surface area (Å²) in [5.74, 6) is 0. The van der Waals surface area contributed by atoms with Crippen molar-refractivity contribution in [3.8, 4) is 0 Å². The van der Waals surface area contributed by atoms with E-state index >= 15 is 0 Å². The van der Waals surface area contributed by atoms with Crippen molar-refractivity contribution in [1.29, 1.82) is 0 Å². The van der Waals surface area contributed by atoms with Gasteiger partial charge in [-0.15, -0.1) is 6.58 Å². The van der Waals surface area contributed by atoms with E-state index in [4.69, 9.17) is 16.6 Å². The first kappa shape index (κ1) is 6.29. The maximum Gasteiger partial charge on any atom is 0.268 e. The maximum atomic E-state index is 4.85. The van der Waals surface area contributed by atoms with Crippen molar-refractivity contribution in [1.82, 2.24) is 4.57 Å². The van der Waals surface area contributed by atoms with E-state index in [9.17, 15) is 0 Å². The number of rotatable bonds is 2. The monoisotopic (exact) mass is 141 g/mol. The maximum absolute atomic E-state index is 4.85. The van der Waals surface area contributed by atoms with Gasteiger partial charge in [-0.3, -0.25) is 0 Å². The molecular formula is C6H7NOS. The molecule has 0 amide bonds. The van der Waals surface area contributed by atoms with Crippen LogP contribution in [0.15, 0.2) is 29.5 Å². The molecule has 0 aliphatic rings. The summed E-state index contributed by atoms with van der Waals surface area (Å²) in [7, 11) is 0. The summed E-state index contributed by atoms with van der Waals surface area (Å²) in [4.78, 5) is 0.495. The van der Waals surface area contributed by atoms with Gasteiger partial charge in [-0.05, 0) is 12.2 Å². The van der Waals surface area contributed by atoms with Gasteiger partial charge in [-0.1, -0.05) is 6.08 Å². The molecule has 0 unspecified atom stereocenters. The third-order valence-electron chi connectivity index (χ3n) is 0.970. The van der Waals surface area contributed by atoms with Crippen LogP contribution in [0.4, 0.5) is 0 Å². The largest absolute Gasteiger partial charge is 0.438 e. The summed E-state index contributed by atoms with van der Waals surface area (Å²) in [6.07, 6.45) is 5.11. The smallest absolute Gasteiger partial charge is 0.268 e. The fraction of sp³-hybridized carbons (Fsp3) is 0.167. The average Bonchev–Trinajstić information content (AvgIpc) is 2.18. The Kier molecular flexibility index (Phi) is 1.85. The predicted molar refractivity (Wildman–Crippen MR) is 37.7 cm³/mol. The molecular weight excluding hydrogens is 134 g/mol. The van der Waals surface area contributed by atoms with Crippen LogP contribution in [0.1, 0.15) is 0 Å². The van der Waals surface area contributed by atoms with Gasteiger partial charge in [0.2, 0.25) is 0 Å². The molecule has 0 atom stereocenters.